The summed E-state index contributed by atoms with van der Waals surface area (Å²) in [5, 5.41) is 0. The molecule has 0 radical (unpaired) electrons. The normalized spacial score (nSPS) is 14.0. The van der Waals surface area contributed by atoms with Gasteiger partial charge in [-0.2, -0.15) is 0 Å². The van der Waals surface area contributed by atoms with Crippen molar-refractivity contribution in [1.82, 2.24) is 0 Å². The minimum atomic E-state index is -0.285. The average molecular weight is 1050 g/mol. The van der Waals surface area contributed by atoms with Gasteiger partial charge in [0.15, 0.2) is 0 Å². The second-order valence-corrected chi connectivity index (χ2v) is 26.8. The Kier molecular flexibility index (Phi) is 12.1. The maximum absolute atomic E-state index is 2.70. The van der Waals surface area contributed by atoms with Crippen molar-refractivity contribution in [1.29, 1.82) is 0 Å². The van der Waals surface area contributed by atoms with Gasteiger partial charge in [0.05, 0.1) is 11.4 Å². The van der Waals surface area contributed by atoms with Crippen molar-refractivity contribution in [2.45, 2.75) is 112 Å². The van der Waals surface area contributed by atoms with Crippen LogP contribution in [0.2, 0.25) is 0 Å². The fourth-order valence-electron chi connectivity index (χ4n) is 13.6. The third-order valence-corrected chi connectivity index (χ3v) is 17.9. The molecular formula is C77H74BN3. The lowest BCUT2D eigenvalue weighted by atomic mass is 9.33. The molecule has 0 bridgehead atoms. The van der Waals surface area contributed by atoms with Crippen LogP contribution in [0.3, 0.4) is 0 Å². The average Bonchev–Trinajstić information content (AvgIpc) is 3.90. The fourth-order valence-corrected chi connectivity index (χ4v) is 13.6. The molecule has 0 aromatic heterocycles. The first kappa shape index (κ1) is 52.1. The van der Waals surface area contributed by atoms with Crippen molar-refractivity contribution in [3.05, 3.63) is 251 Å². The zero-order valence-electron chi connectivity index (χ0n) is 49.6. The van der Waals surface area contributed by atoms with Crippen LogP contribution in [0, 0.1) is 13.8 Å². The molecule has 0 atom stereocenters. The quantitative estimate of drug-likeness (QED) is 0.147. The fraction of sp³-hybridized carbons (Fsp3) is 0.221. The minimum Gasteiger partial charge on any atom is -0.311 e. The highest BCUT2D eigenvalue weighted by Crippen LogP contribution is 2.56. The summed E-state index contributed by atoms with van der Waals surface area (Å²) in [6, 6.07) is 81.1. The van der Waals surface area contributed by atoms with Crippen LogP contribution in [0.1, 0.15) is 115 Å². The van der Waals surface area contributed by atoms with Gasteiger partial charge < -0.3 is 14.7 Å². The summed E-state index contributed by atoms with van der Waals surface area (Å²) in [7, 11) is 0. The van der Waals surface area contributed by atoms with Crippen molar-refractivity contribution in [2.24, 2.45) is 0 Å². The van der Waals surface area contributed by atoms with E-state index in [4.69, 9.17) is 0 Å². The molecule has 0 amide bonds. The molecule has 10 aromatic carbocycles. The number of fused-ring (bicyclic) bond motifs is 7. The predicted octanol–water partition coefficient (Wildman–Crippen LogP) is 19.4. The lowest BCUT2D eigenvalue weighted by Gasteiger charge is -2.46. The van der Waals surface area contributed by atoms with E-state index >= 15 is 0 Å². The van der Waals surface area contributed by atoms with Gasteiger partial charge in [-0.15, -0.1) is 0 Å². The van der Waals surface area contributed by atoms with Crippen molar-refractivity contribution >= 4 is 74.3 Å². The maximum Gasteiger partial charge on any atom is 0.252 e. The van der Waals surface area contributed by atoms with Crippen LogP contribution in [-0.4, -0.2) is 6.71 Å². The number of nitrogens with zero attached hydrogens (tertiary/aromatic N) is 3. The third-order valence-electron chi connectivity index (χ3n) is 17.9. The Morgan fingerprint density at radius 2 is 0.914 bits per heavy atom. The van der Waals surface area contributed by atoms with E-state index in [0.717, 1.165) is 17.1 Å². The molecule has 0 saturated heterocycles. The van der Waals surface area contributed by atoms with Gasteiger partial charge in [0.1, 0.15) is 0 Å². The number of rotatable bonds is 7. The number of hydrogen-bond donors (Lipinski definition) is 0. The SMILES string of the molecule is Cc1cc(C(C)(C)C)cc(C)c1N(c1ccc(-c2ccccc2)cc1)c1ccc2c(c1)N(c1cccc3c1C(C)(C)c1ccccc1-3)c1cc(C(C)(C)C)cc3c1B2c1cc(-c2ccccc2)ccc1N3c1ccc(C(C)(C)C)cc1. The van der Waals surface area contributed by atoms with Gasteiger partial charge in [-0.05, 0) is 179 Å². The number of aryl methyl sites for hydroxylation is 2. The summed E-state index contributed by atoms with van der Waals surface area (Å²) in [6.07, 6.45) is 0. The summed E-state index contributed by atoms with van der Waals surface area (Å²) >= 11 is 0. The molecule has 0 fully saturated rings. The second kappa shape index (κ2) is 18.9. The molecule has 2 aliphatic heterocycles. The van der Waals surface area contributed by atoms with E-state index in [9.17, 15) is 0 Å². The Morgan fingerprint density at radius 3 is 1.54 bits per heavy atom. The molecule has 13 rings (SSSR count). The van der Waals surface area contributed by atoms with Gasteiger partial charge in [0.2, 0.25) is 0 Å². The monoisotopic (exact) mass is 1050 g/mol. The minimum absolute atomic E-state index is 0.00775. The first-order valence-electron chi connectivity index (χ1n) is 29.2. The molecule has 3 nitrogen and oxygen atoms in total. The number of benzene rings is 10. The topological polar surface area (TPSA) is 9.72 Å². The van der Waals surface area contributed by atoms with Gasteiger partial charge >= 0.3 is 0 Å². The highest BCUT2D eigenvalue weighted by molar-refractivity contribution is 7.00. The van der Waals surface area contributed by atoms with Gasteiger partial charge in [0.25, 0.3) is 6.71 Å². The largest absolute Gasteiger partial charge is 0.311 e. The van der Waals surface area contributed by atoms with E-state index in [0.29, 0.717) is 0 Å². The molecule has 1 aliphatic carbocycles. The van der Waals surface area contributed by atoms with Crippen LogP contribution in [0.5, 0.6) is 0 Å². The zero-order chi connectivity index (χ0) is 56.5. The first-order valence-corrected chi connectivity index (χ1v) is 29.2. The van der Waals surface area contributed by atoms with E-state index in [-0.39, 0.29) is 28.4 Å². The van der Waals surface area contributed by atoms with Crippen LogP contribution in [0.15, 0.2) is 212 Å². The van der Waals surface area contributed by atoms with E-state index in [1.807, 2.05) is 0 Å². The van der Waals surface area contributed by atoms with E-state index < -0.39 is 0 Å². The molecule has 10 aromatic rings. The van der Waals surface area contributed by atoms with E-state index in [2.05, 4.69) is 317 Å². The van der Waals surface area contributed by atoms with Crippen LogP contribution < -0.4 is 31.1 Å². The molecule has 2 heterocycles. The maximum atomic E-state index is 2.70. The number of anilines is 9. The third kappa shape index (κ3) is 8.64. The van der Waals surface area contributed by atoms with E-state index in [1.54, 1.807) is 0 Å². The molecule has 0 spiro atoms. The summed E-state index contributed by atoms with van der Waals surface area (Å²) in [5.74, 6) is 0. The van der Waals surface area contributed by atoms with Gasteiger partial charge in [-0.1, -0.05) is 228 Å². The van der Waals surface area contributed by atoms with E-state index in [1.165, 1.54) is 123 Å². The van der Waals surface area contributed by atoms with Gasteiger partial charge in [0, 0.05) is 45.2 Å². The molecule has 4 heteroatoms. The standard InChI is InChI=1S/C77H74BN3/c1-49-43-56(75(6,7)8)44-50(2)73(49)79(58-36-31-53(32-37-58)51-23-16-14-17-24-51)60-40-41-64-68(48-60)81(67-30-22-28-62-61-27-20-21-29-63(61)77(12,13)71(62)67)70-47-57(76(9,10)11)46-69-72(70)78(64)65-45-54(52-25-18-15-19-26-52)33-42-66(65)80(69)59-38-34-55(35-39-59)74(3,4)5/h14-48H,1-13H3. The summed E-state index contributed by atoms with van der Waals surface area (Å²) in [5.41, 5.74) is 30.7. The lowest BCUT2D eigenvalue weighted by molar-refractivity contribution is 0.589. The molecule has 3 aliphatic rings. The van der Waals surface area contributed by atoms with Crippen LogP contribution in [0.4, 0.5) is 51.2 Å². The lowest BCUT2D eigenvalue weighted by Crippen LogP contribution is -2.61. The highest BCUT2D eigenvalue weighted by atomic mass is 15.2. The summed E-state index contributed by atoms with van der Waals surface area (Å²) < 4.78 is 0. The number of hydrogen-bond acceptors (Lipinski definition) is 3. The second-order valence-electron chi connectivity index (χ2n) is 26.8. The first-order chi connectivity index (χ1) is 38.7. The molecule has 400 valence electrons. The van der Waals surface area contributed by atoms with Crippen molar-refractivity contribution in [3.63, 3.8) is 0 Å². The van der Waals surface area contributed by atoms with Crippen LogP contribution >= 0.6 is 0 Å². The molecule has 0 unspecified atom stereocenters. The van der Waals surface area contributed by atoms with Crippen LogP contribution in [0.25, 0.3) is 33.4 Å². The molecule has 0 N–H and O–H groups in total. The highest BCUT2D eigenvalue weighted by Gasteiger charge is 2.47. The van der Waals surface area contributed by atoms with Crippen LogP contribution in [-0.2, 0) is 21.7 Å². The Morgan fingerprint density at radius 1 is 0.383 bits per heavy atom. The van der Waals surface area contributed by atoms with Crippen molar-refractivity contribution < 1.29 is 0 Å². The predicted molar refractivity (Wildman–Crippen MR) is 349 cm³/mol. The Labute approximate surface area is 482 Å². The van der Waals surface area contributed by atoms with Crippen molar-refractivity contribution in [2.75, 3.05) is 14.7 Å². The van der Waals surface area contributed by atoms with Gasteiger partial charge in [-0.3, -0.25) is 0 Å². The Bertz CT molecular complexity index is 4070. The zero-order valence-corrected chi connectivity index (χ0v) is 49.6. The summed E-state index contributed by atoms with van der Waals surface area (Å²) in [4.78, 5) is 7.82. The molecular weight excluding hydrogens is 978 g/mol. The molecule has 81 heavy (non-hydrogen) atoms. The Hall–Kier alpha value is -8.34. The Balaban J connectivity index is 1.13. The smallest absolute Gasteiger partial charge is 0.252 e. The molecule has 0 saturated carbocycles. The summed E-state index contributed by atoms with van der Waals surface area (Å²) in [6.45, 7) is 30.4. The van der Waals surface area contributed by atoms with Gasteiger partial charge in [-0.25, -0.2) is 0 Å². The van der Waals surface area contributed by atoms with Crippen molar-refractivity contribution in [3.8, 4) is 33.4 Å².